The minimum atomic E-state index is 0.348. The number of nitrogens with zero attached hydrogens (tertiary/aromatic N) is 1. The number of piperidine rings is 1. The van der Waals surface area contributed by atoms with Crippen LogP contribution >= 0.6 is 0 Å². The van der Waals surface area contributed by atoms with E-state index in [4.69, 9.17) is 0 Å². The number of likely N-dealkylation sites (tertiary alicyclic amines) is 1. The fraction of sp³-hybridized carbons (Fsp3) is 1.00. The Bertz CT molecular complexity index is 269. The zero-order valence-corrected chi connectivity index (χ0v) is 13.1. The quantitative estimate of drug-likeness (QED) is 0.810. The average molecular weight is 252 g/mol. The highest BCUT2D eigenvalue weighted by molar-refractivity contribution is 4.91. The van der Waals surface area contributed by atoms with E-state index in [2.05, 4.69) is 44.8 Å². The van der Waals surface area contributed by atoms with Crippen molar-refractivity contribution in [2.45, 2.75) is 84.3 Å². The predicted molar refractivity (Wildman–Crippen MR) is 78.9 cm³/mol. The summed E-state index contributed by atoms with van der Waals surface area (Å²) in [6.45, 7) is 14.4. The van der Waals surface area contributed by atoms with E-state index in [-0.39, 0.29) is 0 Å². The van der Waals surface area contributed by atoms with Crippen LogP contribution in [0.4, 0.5) is 0 Å². The molecule has 1 heterocycles. The molecular weight excluding hydrogens is 220 g/mol. The zero-order chi connectivity index (χ0) is 13.4. The average Bonchev–Trinajstić information content (AvgIpc) is 2.57. The normalized spacial score (nSPS) is 30.8. The molecule has 0 aromatic heterocycles. The molecule has 2 rings (SSSR count). The van der Waals surface area contributed by atoms with Crippen LogP contribution < -0.4 is 5.32 Å². The van der Waals surface area contributed by atoms with Crippen molar-refractivity contribution < 1.29 is 0 Å². The first-order valence-corrected chi connectivity index (χ1v) is 7.77. The summed E-state index contributed by atoms with van der Waals surface area (Å²) in [5, 5.41) is 3.92. The molecule has 0 amide bonds. The Kier molecular flexibility index (Phi) is 4.08. The Morgan fingerprint density at radius 2 is 1.61 bits per heavy atom. The van der Waals surface area contributed by atoms with E-state index in [1.807, 2.05) is 0 Å². The van der Waals surface area contributed by atoms with E-state index in [1.54, 1.807) is 0 Å². The lowest BCUT2D eigenvalue weighted by atomic mass is 9.91. The van der Waals surface area contributed by atoms with Crippen molar-refractivity contribution in [3.63, 3.8) is 0 Å². The fourth-order valence-electron chi connectivity index (χ4n) is 3.63. The Hall–Kier alpha value is -0.0800. The Morgan fingerprint density at radius 1 is 1.00 bits per heavy atom. The molecule has 2 heteroatoms. The number of hydrogen-bond acceptors (Lipinski definition) is 2. The lowest BCUT2D eigenvalue weighted by molar-refractivity contribution is 0.0936. The highest BCUT2D eigenvalue weighted by Crippen LogP contribution is 2.37. The van der Waals surface area contributed by atoms with Crippen molar-refractivity contribution >= 4 is 0 Å². The molecule has 106 valence electrons. The van der Waals surface area contributed by atoms with Gasteiger partial charge in [-0.1, -0.05) is 13.8 Å². The molecule has 2 fully saturated rings. The summed E-state index contributed by atoms with van der Waals surface area (Å²) in [6.07, 6.45) is 6.80. The van der Waals surface area contributed by atoms with Gasteiger partial charge in [0.1, 0.15) is 0 Å². The van der Waals surface area contributed by atoms with Crippen LogP contribution in [0, 0.1) is 5.41 Å². The van der Waals surface area contributed by atoms with Crippen molar-refractivity contribution in [3.05, 3.63) is 0 Å². The molecule has 1 unspecified atom stereocenters. The molecule has 1 saturated carbocycles. The first kappa shape index (κ1) is 14.3. The summed E-state index contributed by atoms with van der Waals surface area (Å²) in [5.74, 6) is 0. The van der Waals surface area contributed by atoms with Crippen LogP contribution in [0.25, 0.3) is 0 Å². The van der Waals surface area contributed by atoms with Gasteiger partial charge in [-0.3, -0.25) is 4.90 Å². The monoisotopic (exact) mass is 252 g/mol. The second-order valence-corrected chi connectivity index (χ2v) is 8.20. The van der Waals surface area contributed by atoms with Crippen LogP contribution in [-0.4, -0.2) is 35.6 Å². The minimum Gasteiger partial charge on any atom is -0.311 e. The SMILES string of the molecule is CC1(C)CCC(NC2CCN(C(C)(C)C)CC2)C1. The summed E-state index contributed by atoms with van der Waals surface area (Å²) in [6, 6.07) is 1.55. The molecule has 0 radical (unpaired) electrons. The van der Waals surface area contributed by atoms with Crippen LogP contribution in [0.3, 0.4) is 0 Å². The van der Waals surface area contributed by atoms with E-state index in [0.717, 1.165) is 12.1 Å². The second-order valence-electron chi connectivity index (χ2n) is 8.20. The van der Waals surface area contributed by atoms with Gasteiger partial charge in [0.15, 0.2) is 0 Å². The lowest BCUT2D eigenvalue weighted by Crippen LogP contribution is -2.51. The van der Waals surface area contributed by atoms with E-state index >= 15 is 0 Å². The largest absolute Gasteiger partial charge is 0.311 e. The standard InChI is InChI=1S/C16H32N2/c1-15(2,3)18-10-7-13(8-11-18)17-14-6-9-16(4,5)12-14/h13-14,17H,6-12H2,1-5H3. The van der Waals surface area contributed by atoms with Gasteiger partial charge in [-0.05, 0) is 58.3 Å². The molecule has 18 heavy (non-hydrogen) atoms. The molecule has 2 aliphatic rings. The van der Waals surface area contributed by atoms with Gasteiger partial charge in [0.05, 0.1) is 0 Å². The number of hydrogen-bond donors (Lipinski definition) is 1. The third-order valence-corrected chi connectivity index (χ3v) is 4.88. The lowest BCUT2D eigenvalue weighted by Gasteiger charge is -2.41. The van der Waals surface area contributed by atoms with Crippen molar-refractivity contribution in [1.82, 2.24) is 10.2 Å². The Balaban J connectivity index is 1.74. The minimum absolute atomic E-state index is 0.348. The van der Waals surface area contributed by atoms with E-state index in [0.29, 0.717) is 11.0 Å². The second kappa shape index (κ2) is 5.13. The van der Waals surface area contributed by atoms with Gasteiger partial charge in [-0.2, -0.15) is 0 Å². The first-order chi connectivity index (χ1) is 8.26. The Morgan fingerprint density at radius 3 is 2.06 bits per heavy atom. The summed E-state index contributed by atoms with van der Waals surface area (Å²) >= 11 is 0. The smallest absolute Gasteiger partial charge is 0.0125 e. The summed E-state index contributed by atoms with van der Waals surface area (Å²) in [4.78, 5) is 2.63. The number of nitrogens with one attached hydrogen (secondary N) is 1. The van der Waals surface area contributed by atoms with Crippen LogP contribution in [0.15, 0.2) is 0 Å². The molecule has 1 atom stereocenters. The van der Waals surface area contributed by atoms with E-state index in [1.165, 1.54) is 45.2 Å². The topological polar surface area (TPSA) is 15.3 Å². The fourth-order valence-corrected chi connectivity index (χ4v) is 3.63. The summed E-state index contributed by atoms with van der Waals surface area (Å²) in [7, 11) is 0. The van der Waals surface area contributed by atoms with Gasteiger partial charge >= 0.3 is 0 Å². The van der Waals surface area contributed by atoms with Gasteiger partial charge in [0.25, 0.3) is 0 Å². The van der Waals surface area contributed by atoms with Crippen LogP contribution in [0.1, 0.15) is 66.7 Å². The maximum atomic E-state index is 3.92. The molecule has 2 nitrogen and oxygen atoms in total. The van der Waals surface area contributed by atoms with Crippen LogP contribution in [-0.2, 0) is 0 Å². The highest BCUT2D eigenvalue weighted by atomic mass is 15.2. The predicted octanol–water partition coefficient (Wildman–Crippen LogP) is 3.42. The zero-order valence-electron chi connectivity index (χ0n) is 13.1. The van der Waals surface area contributed by atoms with Crippen molar-refractivity contribution in [2.75, 3.05) is 13.1 Å². The first-order valence-electron chi connectivity index (χ1n) is 7.77. The van der Waals surface area contributed by atoms with Gasteiger partial charge in [0.2, 0.25) is 0 Å². The van der Waals surface area contributed by atoms with Gasteiger partial charge in [-0.25, -0.2) is 0 Å². The molecule has 0 aromatic rings. The number of rotatable bonds is 2. The summed E-state index contributed by atoms with van der Waals surface area (Å²) < 4.78 is 0. The van der Waals surface area contributed by atoms with Crippen LogP contribution in [0.5, 0.6) is 0 Å². The van der Waals surface area contributed by atoms with E-state index in [9.17, 15) is 0 Å². The van der Waals surface area contributed by atoms with Crippen molar-refractivity contribution in [2.24, 2.45) is 5.41 Å². The summed E-state index contributed by atoms with van der Waals surface area (Å²) in [5.41, 5.74) is 0.921. The van der Waals surface area contributed by atoms with Crippen LogP contribution in [0.2, 0.25) is 0 Å². The molecule has 0 aromatic carbocycles. The molecule has 0 bridgehead atoms. The molecule has 1 aliphatic carbocycles. The maximum absolute atomic E-state index is 3.92. The van der Waals surface area contributed by atoms with E-state index < -0.39 is 0 Å². The molecule has 1 N–H and O–H groups in total. The molecule has 1 saturated heterocycles. The van der Waals surface area contributed by atoms with Gasteiger partial charge < -0.3 is 5.32 Å². The third-order valence-electron chi connectivity index (χ3n) is 4.88. The Labute approximate surface area is 114 Å². The molecular formula is C16H32N2. The molecule has 0 spiro atoms. The van der Waals surface area contributed by atoms with Crippen molar-refractivity contribution in [3.8, 4) is 0 Å². The third kappa shape index (κ3) is 3.71. The van der Waals surface area contributed by atoms with Gasteiger partial charge in [0, 0.05) is 30.7 Å². The maximum Gasteiger partial charge on any atom is 0.0125 e. The molecule has 1 aliphatic heterocycles. The van der Waals surface area contributed by atoms with Crippen molar-refractivity contribution in [1.29, 1.82) is 0 Å². The highest BCUT2D eigenvalue weighted by Gasteiger charge is 2.33. The van der Waals surface area contributed by atoms with Gasteiger partial charge in [-0.15, -0.1) is 0 Å².